The van der Waals surface area contributed by atoms with Crippen molar-refractivity contribution in [3.05, 3.63) is 65.2 Å². The molecule has 3 nitrogen and oxygen atoms in total. The predicted octanol–water partition coefficient (Wildman–Crippen LogP) is 4.24. The minimum absolute atomic E-state index is 0.0536. The lowest BCUT2D eigenvalue weighted by Crippen LogP contribution is -2.45. The van der Waals surface area contributed by atoms with Crippen LogP contribution in [0.2, 0.25) is 0 Å². The fourth-order valence-electron chi connectivity index (χ4n) is 4.54. The van der Waals surface area contributed by atoms with Gasteiger partial charge in [-0.3, -0.25) is 4.79 Å². The lowest BCUT2D eigenvalue weighted by atomic mass is 9.89. The van der Waals surface area contributed by atoms with Crippen LogP contribution in [0.5, 0.6) is 0 Å². The molecule has 0 unspecified atom stereocenters. The molecule has 2 aliphatic rings. The van der Waals surface area contributed by atoms with Crippen molar-refractivity contribution in [2.45, 2.75) is 31.2 Å². The highest BCUT2D eigenvalue weighted by Crippen LogP contribution is 2.43. The Morgan fingerprint density at radius 2 is 1.85 bits per heavy atom. The largest absolute Gasteiger partial charge is 0.371 e. The number of ketones is 1. The maximum absolute atomic E-state index is 13.7. The number of Topliss-reactive ketones (excluding diaryl/α,β-unsaturated/α-hetero) is 1. The number of hydrogen-bond donors (Lipinski definition) is 0. The second-order valence-corrected chi connectivity index (χ2v) is 7.61. The third kappa shape index (κ3) is 3.61. The van der Waals surface area contributed by atoms with Gasteiger partial charge in [0.15, 0.2) is 5.78 Å². The van der Waals surface area contributed by atoms with Gasteiger partial charge in [-0.1, -0.05) is 0 Å². The van der Waals surface area contributed by atoms with Crippen LogP contribution in [0.3, 0.4) is 0 Å². The highest BCUT2D eigenvalue weighted by atomic mass is 19.1. The number of piperidine rings is 1. The zero-order valence-corrected chi connectivity index (χ0v) is 15.5. The van der Waals surface area contributed by atoms with Crippen molar-refractivity contribution in [2.24, 2.45) is 0 Å². The summed E-state index contributed by atoms with van der Waals surface area (Å²) < 4.78 is 26.7. The van der Waals surface area contributed by atoms with E-state index in [4.69, 9.17) is 0 Å². The minimum atomic E-state index is -0.326. The summed E-state index contributed by atoms with van der Waals surface area (Å²) in [6, 6.07) is 11.3. The summed E-state index contributed by atoms with van der Waals surface area (Å²) >= 11 is 0. The van der Waals surface area contributed by atoms with Gasteiger partial charge in [-0.25, -0.2) is 8.78 Å². The van der Waals surface area contributed by atoms with Crippen molar-refractivity contribution in [3.8, 4) is 0 Å². The van der Waals surface area contributed by atoms with Crippen LogP contribution in [-0.2, 0) is 0 Å². The minimum Gasteiger partial charge on any atom is -0.371 e. The number of halogens is 2. The van der Waals surface area contributed by atoms with Crippen molar-refractivity contribution >= 4 is 11.5 Å². The number of likely N-dealkylation sites (N-methyl/N-ethyl adjacent to an activating group) is 1. The van der Waals surface area contributed by atoms with E-state index < -0.39 is 0 Å². The molecular formula is C22H24F2N2O. The first-order valence-corrected chi connectivity index (χ1v) is 9.56. The first-order chi connectivity index (χ1) is 13.0. The molecule has 1 saturated heterocycles. The van der Waals surface area contributed by atoms with Crippen LogP contribution in [0.25, 0.3) is 0 Å². The topological polar surface area (TPSA) is 23.6 Å². The smallest absolute Gasteiger partial charge is 0.162 e. The predicted molar refractivity (Wildman–Crippen MR) is 102 cm³/mol. The SMILES string of the molecule is CN1c2ccc(F)cc2[C@H]2CN(CCCC(=O)c3ccc(F)cc3)CC[C@@H]21. The summed E-state index contributed by atoms with van der Waals surface area (Å²) in [7, 11) is 2.10. The summed E-state index contributed by atoms with van der Waals surface area (Å²) in [6.45, 7) is 2.74. The number of benzene rings is 2. The normalized spacial score (nSPS) is 21.8. The maximum atomic E-state index is 13.7. The highest BCUT2D eigenvalue weighted by Gasteiger charge is 2.40. The number of anilines is 1. The molecule has 0 saturated carbocycles. The van der Waals surface area contributed by atoms with Gasteiger partial charge in [-0.2, -0.15) is 0 Å². The van der Waals surface area contributed by atoms with Crippen LogP contribution in [-0.4, -0.2) is 43.4 Å². The van der Waals surface area contributed by atoms with E-state index in [1.807, 2.05) is 6.07 Å². The third-order valence-corrected chi connectivity index (χ3v) is 5.97. The van der Waals surface area contributed by atoms with E-state index in [1.165, 1.54) is 18.2 Å². The molecule has 2 aromatic carbocycles. The molecule has 142 valence electrons. The van der Waals surface area contributed by atoms with E-state index >= 15 is 0 Å². The molecule has 0 bridgehead atoms. The number of carbonyl (C=O) groups excluding carboxylic acids is 1. The number of nitrogens with zero attached hydrogens (tertiary/aromatic N) is 2. The van der Waals surface area contributed by atoms with Crippen LogP contribution in [0.4, 0.5) is 14.5 Å². The van der Waals surface area contributed by atoms with E-state index in [-0.39, 0.29) is 17.4 Å². The molecule has 5 heteroatoms. The standard InChI is InChI=1S/C22H24F2N2O/c1-25-20-9-8-17(24)13-18(20)19-14-26(12-10-21(19)25)11-2-3-22(27)15-4-6-16(23)7-5-15/h4-9,13,19,21H,2-3,10-12,14H2,1H3/t19-,21+/m1/s1. The molecule has 2 aliphatic heterocycles. The van der Waals surface area contributed by atoms with E-state index in [1.54, 1.807) is 18.2 Å². The molecule has 27 heavy (non-hydrogen) atoms. The Balaban J connectivity index is 1.34. The van der Waals surface area contributed by atoms with Gasteiger partial charge in [0.1, 0.15) is 11.6 Å². The molecular weight excluding hydrogens is 346 g/mol. The van der Waals surface area contributed by atoms with Gasteiger partial charge in [0.25, 0.3) is 0 Å². The van der Waals surface area contributed by atoms with Crippen LogP contribution in [0.1, 0.15) is 41.1 Å². The molecule has 0 radical (unpaired) electrons. The maximum Gasteiger partial charge on any atom is 0.162 e. The van der Waals surface area contributed by atoms with Crippen molar-refractivity contribution in [3.63, 3.8) is 0 Å². The van der Waals surface area contributed by atoms with Gasteiger partial charge < -0.3 is 9.80 Å². The van der Waals surface area contributed by atoms with Gasteiger partial charge in [-0.05, 0) is 67.4 Å². The Bertz CT molecular complexity index is 837. The average Bonchev–Trinajstić information content (AvgIpc) is 2.94. The lowest BCUT2D eigenvalue weighted by Gasteiger charge is -2.37. The van der Waals surface area contributed by atoms with Gasteiger partial charge in [0, 0.05) is 49.8 Å². The van der Waals surface area contributed by atoms with Crippen molar-refractivity contribution in [1.82, 2.24) is 4.90 Å². The summed E-state index contributed by atoms with van der Waals surface area (Å²) in [5.41, 5.74) is 2.81. The second kappa shape index (κ2) is 7.39. The van der Waals surface area contributed by atoms with E-state index in [2.05, 4.69) is 16.8 Å². The second-order valence-electron chi connectivity index (χ2n) is 7.61. The number of likely N-dealkylation sites (tertiary alicyclic amines) is 1. The molecule has 4 rings (SSSR count). The van der Waals surface area contributed by atoms with Gasteiger partial charge in [-0.15, -0.1) is 0 Å². The zero-order chi connectivity index (χ0) is 19.0. The average molecular weight is 370 g/mol. The summed E-state index contributed by atoms with van der Waals surface area (Å²) in [6.07, 6.45) is 2.28. The van der Waals surface area contributed by atoms with Gasteiger partial charge in [0.05, 0.1) is 0 Å². The number of carbonyl (C=O) groups is 1. The first kappa shape index (κ1) is 18.1. The van der Waals surface area contributed by atoms with Crippen molar-refractivity contribution in [2.75, 3.05) is 31.6 Å². The zero-order valence-electron chi connectivity index (χ0n) is 15.5. The van der Waals surface area contributed by atoms with E-state index in [9.17, 15) is 13.6 Å². The van der Waals surface area contributed by atoms with Gasteiger partial charge in [0.2, 0.25) is 0 Å². The molecule has 2 heterocycles. The van der Waals surface area contributed by atoms with Gasteiger partial charge >= 0.3 is 0 Å². The lowest BCUT2D eigenvalue weighted by molar-refractivity contribution is 0.0971. The van der Waals surface area contributed by atoms with Crippen molar-refractivity contribution < 1.29 is 13.6 Å². The molecule has 2 aromatic rings. The molecule has 0 amide bonds. The fraction of sp³-hybridized carbons (Fsp3) is 0.409. The van der Waals surface area contributed by atoms with E-state index in [0.717, 1.165) is 43.7 Å². The fourth-order valence-corrected chi connectivity index (χ4v) is 4.54. The van der Waals surface area contributed by atoms with Crippen LogP contribution in [0, 0.1) is 11.6 Å². The quantitative estimate of drug-likeness (QED) is 0.736. The number of fused-ring (bicyclic) bond motifs is 3. The van der Waals surface area contributed by atoms with Crippen LogP contribution in [0.15, 0.2) is 42.5 Å². The molecule has 0 aromatic heterocycles. The Kier molecular flexibility index (Phi) is 4.96. The Morgan fingerprint density at radius 3 is 2.63 bits per heavy atom. The third-order valence-electron chi connectivity index (χ3n) is 5.97. The van der Waals surface area contributed by atoms with Crippen molar-refractivity contribution in [1.29, 1.82) is 0 Å². The van der Waals surface area contributed by atoms with Crippen LogP contribution >= 0.6 is 0 Å². The molecule has 0 N–H and O–H groups in total. The summed E-state index contributed by atoms with van der Waals surface area (Å²) in [5.74, 6) is -0.127. The molecule has 2 atom stereocenters. The van der Waals surface area contributed by atoms with E-state index in [0.29, 0.717) is 23.9 Å². The summed E-state index contributed by atoms with van der Waals surface area (Å²) in [4.78, 5) is 16.9. The molecule has 0 aliphatic carbocycles. The molecule has 1 fully saturated rings. The Morgan fingerprint density at radius 1 is 1.11 bits per heavy atom. The number of hydrogen-bond acceptors (Lipinski definition) is 3. The Labute approximate surface area is 158 Å². The summed E-state index contributed by atoms with van der Waals surface area (Å²) in [5, 5.41) is 0. The Hall–Kier alpha value is -2.27. The first-order valence-electron chi connectivity index (χ1n) is 9.56. The monoisotopic (exact) mass is 370 g/mol. The number of rotatable bonds is 5. The highest BCUT2D eigenvalue weighted by molar-refractivity contribution is 5.95. The van der Waals surface area contributed by atoms with Crippen LogP contribution < -0.4 is 4.90 Å². The molecule has 0 spiro atoms.